The van der Waals surface area contributed by atoms with Crippen molar-refractivity contribution in [2.24, 2.45) is 7.05 Å². The molecule has 2 rings (SSSR count). The molecule has 0 aliphatic rings. The fourth-order valence-corrected chi connectivity index (χ4v) is 2.24. The SMILES string of the molecule is CCCNC(Cc1ccn(C)n1)c1ccc(OC)cc1. The van der Waals surface area contributed by atoms with Crippen molar-refractivity contribution >= 4 is 0 Å². The van der Waals surface area contributed by atoms with E-state index in [0.717, 1.165) is 30.8 Å². The normalized spacial score (nSPS) is 12.3. The second kappa shape index (κ2) is 7.10. The first-order valence-electron chi connectivity index (χ1n) is 7.08. The van der Waals surface area contributed by atoms with Crippen LogP contribution in [0.4, 0.5) is 0 Å². The van der Waals surface area contributed by atoms with E-state index in [4.69, 9.17) is 4.74 Å². The van der Waals surface area contributed by atoms with Crippen LogP contribution in [-0.2, 0) is 13.5 Å². The molecule has 0 saturated carbocycles. The third kappa shape index (κ3) is 3.84. The summed E-state index contributed by atoms with van der Waals surface area (Å²) < 4.78 is 7.06. The summed E-state index contributed by atoms with van der Waals surface area (Å²) >= 11 is 0. The van der Waals surface area contributed by atoms with Crippen molar-refractivity contribution in [3.05, 3.63) is 47.8 Å². The zero-order valence-corrected chi connectivity index (χ0v) is 12.5. The van der Waals surface area contributed by atoms with Crippen LogP contribution >= 0.6 is 0 Å². The van der Waals surface area contributed by atoms with E-state index < -0.39 is 0 Å². The molecule has 1 aromatic heterocycles. The molecule has 0 saturated heterocycles. The average Bonchev–Trinajstić information content (AvgIpc) is 2.89. The number of aryl methyl sites for hydroxylation is 1. The third-order valence-electron chi connectivity index (χ3n) is 3.34. The maximum Gasteiger partial charge on any atom is 0.118 e. The molecule has 1 atom stereocenters. The topological polar surface area (TPSA) is 39.1 Å². The molecule has 0 aliphatic carbocycles. The summed E-state index contributed by atoms with van der Waals surface area (Å²) in [7, 11) is 3.64. The standard InChI is InChI=1S/C16H23N3O/c1-4-10-17-16(12-14-9-11-19(2)18-14)13-5-7-15(20-3)8-6-13/h5-9,11,16-17H,4,10,12H2,1-3H3. The number of ether oxygens (including phenoxy) is 1. The van der Waals surface area contributed by atoms with E-state index in [1.54, 1.807) is 7.11 Å². The van der Waals surface area contributed by atoms with Crippen molar-refractivity contribution in [1.82, 2.24) is 15.1 Å². The van der Waals surface area contributed by atoms with Crippen LogP contribution in [0.2, 0.25) is 0 Å². The molecule has 2 aromatic rings. The summed E-state index contributed by atoms with van der Waals surface area (Å²) in [4.78, 5) is 0. The Morgan fingerprint density at radius 1 is 1.25 bits per heavy atom. The number of aromatic nitrogens is 2. The molecule has 0 fully saturated rings. The quantitative estimate of drug-likeness (QED) is 0.843. The highest BCUT2D eigenvalue weighted by molar-refractivity contribution is 5.29. The first-order valence-corrected chi connectivity index (χ1v) is 7.08. The molecule has 0 aliphatic heterocycles. The van der Waals surface area contributed by atoms with E-state index in [2.05, 4.69) is 35.5 Å². The van der Waals surface area contributed by atoms with Crippen LogP contribution in [0.15, 0.2) is 36.5 Å². The number of methoxy groups -OCH3 is 1. The van der Waals surface area contributed by atoms with Crippen molar-refractivity contribution in [3.8, 4) is 5.75 Å². The highest BCUT2D eigenvalue weighted by Gasteiger charge is 2.13. The van der Waals surface area contributed by atoms with E-state index in [1.165, 1.54) is 5.56 Å². The summed E-state index contributed by atoms with van der Waals surface area (Å²) in [5, 5.41) is 8.06. The Hall–Kier alpha value is -1.81. The maximum atomic E-state index is 5.22. The van der Waals surface area contributed by atoms with Crippen LogP contribution < -0.4 is 10.1 Å². The Labute approximate surface area is 120 Å². The molecule has 0 bridgehead atoms. The molecule has 108 valence electrons. The van der Waals surface area contributed by atoms with E-state index in [9.17, 15) is 0 Å². The van der Waals surface area contributed by atoms with Crippen LogP contribution in [0.3, 0.4) is 0 Å². The van der Waals surface area contributed by atoms with Gasteiger partial charge in [-0.1, -0.05) is 19.1 Å². The fraction of sp³-hybridized carbons (Fsp3) is 0.438. The van der Waals surface area contributed by atoms with Gasteiger partial charge in [-0.05, 0) is 36.7 Å². The first kappa shape index (κ1) is 14.6. The monoisotopic (exact) mass is 273 g/mol. The van der Waals surface area contributed by atoms with E-state index >= 15 is 0 Å². The number of nitrogens with zero attached hydrogens (tertiary/aromatic N) is 2. The lowest BCUT2D eigenvalue weighted by molar-refractivity contribution is 0.414. The number of hydrogen-bond donors (Lipinski definition) is 1. The highest BCUT2D eigenvalue weighted by Crippen LogP contribution is 2.20. The van der Waals surface area contributed by atoms with Crippen molar-refractivity contribution < 1.29 is 4.74 Å². The molecule has 1 heterocycles. The van der Waals surface area contributed by atoms with Gasteiger partial charge in [0.1, 0.15) is 5.75 Å². The smallest absolute Gasteiger partial charge is 0.118 e. The Bertz CT molecular complexity index is 519. The Morgan fingerprint density at radius 3 is 2.55 bits per heavy atom. The Balaban J connectivity index is 2.12. The number of rotatable bonds is 7. The lowest BCUT2D eigenvalue weighted by Gasteiger charge is -2.18. The minimum Gasteiger partial charge on any atom is -0.497 e. The van der Waals surface area contributed by atoms with Crippen LogP contribution in [0, 0.1) is 0 Å². The van der Waals surface area contributed by atoms with Gasteiger partial charge in [0.2, 0.25) is 0 Å². The lowest BCUT2D eigenvalue weighted by Crippen LogP contribution is -2.24. The molecule has 1 aromatic carbocycles. The van der Waals surface area contributed by atoms with E-state index in [0.29, 0.717) is 0 Å². The molecule has 20 heavy (non-hydrogen) atoms. The predicted octanol–water partition coefficient (Wildman–Crippen LogP) is 2.71. The summed E-state index contributed by atoms with van der Waals surface area (Å²) in [6.45, 7) is 3.18. The second-order valence-electron chi connectivity index (χ2n) is 4.96. The molecule has 0 amide bonds. The van der Waals surface area contributed by atoms with Crippen LogP contribution in [0.25, 0.3) is 0 Å². The van der Waals surface area contributed by atoms with Gasteiger partial charge in [0, 0.05) is 25.7 Å². The zero-order valence-electron chi connectivity index (χ0n) is 12.5. The third-order valence-corrected chi connectivity index (χ3v) is 3.34. The van der Waals surface area contributed by atoms with Crippen LogP contribution in [-0.4, -0.2) is 23.4 Å². The zero-order chi connectivity index (χ0) is 14.4. The summed E-state index contributed by atoms with van der Waals surface area (Å²) in [5.74, 6) is 0.890. The minimum absolute atomic E-state index is 0.288. The Kier molecular flexibility index (Phi) is 5.18. The van der Waals surface area contributed by atoms with Gasteiger partial charge in [0.25, 0.3) is 0 Å². The van der Waals surface area contributed by atoms with Gasteiger partial charge in [0.15, 0.2) is 0 Å². The van der Waals surface area contributed by atoms with Gasteiger partial charge in [0.05, 0.1) is 12.8 Å². The molecule has 1 unspecified atom stereocenters. The molecule has 4 heteroatoms. The molecule has 4 nitrogen and oxygen atoms in total. The summed E-state index contributed by atoms with van der Waals surface area (Å²) in [6.07, 6.45) is 4.00. The molecule has 0 spiro atoms. The van der Waals surface area contributed by atoms with Gasteiger partial charge in [-0.2, -0.15) is 5.10 Å². The molecular weight excluding hydrogens is 250 g/mol. The molecular formula is C16H23N3O. The maximum absolute atomic E-state index is 5.22. The lowest BCUT2D eigenvalue weighted by atomic mass is 10.0. The number of nitrogens with one attached hydrogen (secondary N) is 1. The largest absolute Gasteiger partial charge is 0.497 e. The first-order chi connectivity index (χ1) is 9.72. The molecule has 1 N–H and O–H groups in total. The van der Waals surface area contributed by atoms with Crippen LogP contribution in [0.5, 0.6) is 5.75 Å². The van der Waals surface area contributed by atoms with Gasteiger partial charge < -0.3 is 10.1 Å². The summed E-state index contributed by atoms with van der Waals surface area (Å²) in [6, 6.07) is 10.6. The highest BCUT2D eigenvalue weighted by atomic mass is 16.5. The van der Waals surface area contributed by atoms with E-state index in [-0.39, 0.29) is 6.04 Å². The van der Waals surface area contributed by atoms with Gasteiger partial charge in [-0.25, -0.2) is 0 Å². The second-order valence-corrected chi connectivity index (χ2v) is 4.96. The average molecular weight is 273 g/mol. The molecule has 0 radical (unpaired) electrons. The van der Waals surface area contributed by atoms with Gasteiger partial charge in [-0.3, -0.25) is 4.68 Å². The number of hydrogen-bond acceptors (Lipinski definition) is 3. The van der Waals surface area contributed by atoms with Crippen molar-refractivity contribution in [2.75, 3.05) is 13.7 Å². The van der Waals surface area contributed by atoms with Crippen LogP contribution in [0.1, 0.15) is 30.6 Å². The van der Waals surface area contributed by atoms with E-state index in [1.807, 2.05) is 30.1 Å². The number of benzene rings is 1. The van der Waals surface area contributed by atoms with Crippen molar-refractivity contribution in [1.29, 1.82) is 0 Å². The van der Waals surface area contributed by atoms with Gasteiger partial charge in [-0.15, -0.1) is 0 Å². The minimum atomic E-state index is 0.288. The fourth-order valence-electron chi connectivity index (χ4n) is 2.24. The summed E-state index contributed by atoms with van der Waals surface area (Å²) in [5.41, 5.74) is 2.38. The van der Waals surface area contributed by atoms with Gasteiger partial charge >= 0.3 is 0 Å². The van der Waals surface area contributed by atoms with Crippen molar-refractivity contribution in [2.45, 2.75) is 25.8 Å². The predicted molar refractivity (Wildman–Crippen MR) is 80.9 cm³/mol. The van der Waals surface area contributed by atoms with Crippen molar-refractivity contribution in [3.63, 3.8) is 0 Å². The Morgan fingerprint density at radius 2 is 2.00 bits per heavy atom.